The van der Waals surface area contributed by atoms with Crippen LogP contribution in [0.2, 0.25) is 0 Å². The fraction of sp³-hybridized carbons (Fsp3) is 0.320. The molecule has 5 heteroatoms. The van der Waals surface area contributed by atoms with Gasteiger partial charge < -0.3 is 10.3 Å². The quantitative estimate of drug-likeness (QED) is 0.372. The lowest BCUT2D eigenvalue weighted by molar-refractivity contribution is 0.547. The van der Waals surface area contributed by atoms with Gasteiger partial charge >= 0.3 is 0 Å². The summed E-state index contributed by atoms with van der Waals surface area (Å²) < 4.78 is 28.1. The van der Waals surface area contributed by atoms with E-state index >= 15 is 0 Å². The van der Waals surface area contributed by atoms with Gasteiger partial charge in [-0.2, -0.15) is 8.78 Å². The second kappa shape index (κ2) is 10.2. The lowest BCUT2D eigenvalue weighted by atomic mass is 10.0. The first kappa shape index (κ1) is 21.8. The number of imidazole rings is 1. The Bertz CT molecular complexity index is 973. The molecule has 0 saturated carbocycles. The number of hydrogen-bond acceptors (Lipinski definition) is 2. The minimum atomic E-state index is -0.393. The number of aromatic amines is 1. The van der Waals surface area contributed by atoms with E-state index in [9.17, 15) is 8.78 Å². The summed E-state index contributed by atoms with van der Waals surface area (Å²) in [5.41, 5.74) is 3.92. The van der Waals surface area contributed by atoms with Gasteiger partial charge in [-0.25, -0.2) is 4.98 Å². The molecule has 1 heterocycles. The molecule has 0 fully saturated rings. The van der Waals surface area contributed by atoms with Gasteiger partial charge in [0.25, 0.3) is 0 Å². The molecule has 30 heavy (non-hydrogen) atoms. The van der Waals surface area contributed by atoms with Crippen molar-refractivity contribution >= 4 is 6.08 Å². The summed E-state index contributed by atoms with van der Waals surface area (Å²) in [5, 5.41) is 2.72. The smallest absolute Gasteiger partial charge is 0.219 e. The zero-order valence-electron chi connectivity index (χ0n) is 17.8. The van der Waals surface area contributed by atoms with Gasteiger partial charge in [0.05, 0.1) is 0 Å². The Kier molecular flexibility index (Phi) is 7.39. The summed E-state index contributed by atoms with van der Waals surface area (Å²) in [6, 6.07) is 15.3. The standard InChI is InChI=1S/C25H29F2N3/c1-4-6-17(3)25-29-23(24(27)30-25)21-13-11-20(12-14-21)19-9-7-18(8-10-19)16-22(26)28-15-5-2/h7-14,16-17,28H,4-6,15H2,1-3H3,(H,29,30)/b22-16+. The van der Waals surface area contributed by atoms with Gasteiger partial charge in [-0.05, 0) is 35.6 Å². The maximum absolute atomic E-state index is 14.4. The summed E-state index contributed by atoms with van der Waals surface area (Å²) in [6.45, 7) is 6.77. The second-order valence-corrected chi connectivity index (χ2v) is 7.59. The molecule has 1 aromatic heterocycles. The van der Waals surface area contributed by atoms with Gasteiger partial charge in [-0.15, -0.1) is 0 Å². The van der Waals surface area contributed by atoms with E-state index in [4.69, 9.17) is 0 Å². The predicted octanol–water partition coefficient (Wildman–Crippen LogP) is 7.05. The number of nitrogens with zero attached hydrogens (tertiary/aromatic N) is 1. The maximum Gasteiger partial charge on any atom is 0.219 e. The molecule has 2 N–H and O–H groups in total. The van der Waals surface area contributed by atoms with Gasteiger partial charge in [0.1, 0.15) is 11.5 Å². The molecular formula is C25H29F2N3. The van der Waals surface area contributed by atoms with E-state index in [2.05, 4.69) is 29.1 Å². The zero-order chi connectivity index (χ0) is 21.5. The highest BCUT2D eigenvalue weighted by Crippen LogP contribution is 2.28. The van der Waals surface area contributed by atoms with Crippen LogP contribution in [0.3, 0.4) is 0 Å². The summed E-state index contributed by atoms with van der Waals surface area (Å²) >= 11 is 0. The molecule has 2 aromatic carbocycles. The fourth-order valence-electron chi connectivity index (χ4n) is 3.40. The van der Waals surface area contributed by atoms with Crippen molar-refractivity contribution in [1.29, 1.82) is 0 Å². The minimum Gasteiger partial charge on any atom is -0.362 e. The van der Waals surface area contributed by atoms with Crippen LogP contribution in [0.25, 0.3) is 28.5 Å². The van der Waals surface area contributed by atoms with Crippen molar-refractivity contribution in [1.82, 2.24) is 15.3 Å². The topological polar surface area (TPSA) is 40.7 Å². The Morgan fingerprint density at radius 1 is 1.00 bits per heavy atom. The van der Waals surface area contributed by atoms with Crippen molar-refractivity contribution in [2.24, 2.45) is 0 Å². The van der Waals surface area contributed by atoms with E-state index in [-0.39, 0.29) is 11.9 Å². The predicted molar refractivity (Wildman–Crippen MR) is 120 cm³/mol. The van der Waals surface area contributed by atoms with Crippen molar-refractivity contribution in [2.75, 3.05) is 6.54 Å². The molecule has 3 aromatic rings. The molecule has 0 spiro atoms. The van der Waals surface area contributed by atoms with E-state index in [1.54, 1.807) is 0 Å². The van der Waals surface area contributed by atoms with Crippen molar-refractivity contribution < 1.29 is 8.78 Å². The van der Waals surface area contributed by atoms with E-state index in [1.807, 2.05) is 55.5 Å². The number of halogens is 2. The molecule has 0 saturated heterocycles. The highest BCUT2D eigenvalue weighted by Gasteiger charge is 2.16. The van der Waals surface area contributed by atoms with Crippen LogP contribution in [0.4, 0.5) is 8.78 Å². The number of benzene rings is 2. The Morgan fingerprint density at radius 3 is 2.20 bits per heavy atom. The summed E-state index contributed by atoms with van der Waals surface area (Å²) in [4.78, 5) is 7.27. The molecule has 0 aliphatic heterocycles. The van der Waals surface area contributed by atoms with Crippen molar-refractivity contribution in [2.45, 2.75) is 46.0 Å². The van der Waals surface area contributed by atoms with Crippen molar-refractivity contribution in [3.05, 3.63) is 71.8 Å². The normalized spacial score (nSPS) is 12.8. The molecule has 0 bridgehead atoms. The minimum absolute atomic E-state index is 0.201. The fourth-order valence-corrected chi connectivity index (χ4v) is 3.40. The average molecular weight is 410 g/mol. The first-order valence-corrected chi connectivity index (χ1v) is 10.6. The van der Waals surface area contributed by atoms with E-state index in [0.717, 1.165) is 41.5 Å². The molecule has 0 radical (unpaired) electrons. The maximum atomic E-state index is 14.4. The van der Waals surface area contributed by atoms with Crippen molar-refractivity contribution in [3.63, 3.8) is 0 Å². The highest BCUT2D eigenvalue weighted by molar-refractivity contribution is 5.70. The van der Waals surface area contributed by atoms with Crippen LogP contribution in [-0.2, 0) is 0 Å². The van der Waals surface area contributed by atoms with Gasteiger partial charge in [-0.3, -0.25) is 0 Å². The van der Waals surface area contributed by atoms with Gasteiger partial charge in [0.15, 0.2) is 5.95 Å². The molecular weight excluding hydrogens is 380 g/mol. The van der Waals surface area contributed by atoms with Gasteiger partial charge in [-0.1, -0.05) is 75.7 Å². The van der Waals surface area contributed by atoms with Crippen LogP contribution >= 0.6 is 0 Å². The number of aromatic nitrogens is 2. The summed E-state index contributed by atoms with van der Waals surface area (Å²) in [5.74, 6) is 0.169. The third-order valence-electron chi connectivity index (χ3n) is 5.11. The zero-order valence-corrected chi connectivity index (χ0v) is 17.8. The number of rotatable bonds is 9. The van der Waals surface area contributed by atoms with Crippen molar-refractivity contribution in [3.8, 4) is 22.4 Å². The lowest BCUT2D eigenvalue weighted by Gasteiger charge is -2.06. The third kappa shape index (κ3) is 5.35. The van der Waals surface area contributed by atoms with E-state index in [0.29, 0.717) is 18.1 Å². The first-order valence-electron chi connectivity index (χ1n) is 10.6. The van der Waals surface area contributed by atoms with E-state index < -0.39 is 5.95 Å². The van der Waals surface area contributed by atoms with Gasteiger partial charge in [0.2, 0.25) is 5.95 Å². The second-order valence-electron chi connectivity index (χ2n) is 7.59. The summed E-state index contributed by atoms with van der Waals surface area (Å²) in [7, 11) is 0. The number of hydrogen-bond donors (Lipinski definition) is 2. The van der Waals surface area contributed by atoms with Crippen LogP contribution < -0.4 is 5.32 Å². The van der Waals surface area contributed by atoms with Crippen LogP contribution in [0.5, 0.6) is 0 Å². The molecule has 0 amide bonds. The molecule has 3 rings (SSSR count). The monoisotopic (exact) mass is 409 g/mol. The molecule has 0 aliphatic rings. The molecule has 1 unspecified atom stereocenters. The molecule has 3 nitrogen and oxygen atoms in total. The highest BCUT2D eigenvalue weighted by atomic mass is 19.1. The molecule has 1 atom stereocenters. The van der Waals surface area contributed by atoms with Crippen LogP contribution in [0.1, 0.15) is 57.3 Å². The Morgan fingerprint density at radius 2 is 1.60 bits per heavy atom. The SMILES string of the molecule is CCCN/C(F)=C/c1ccc(-c2ccc(-c3nc(C(C)CCC)[nH]c3F)cc2)cc1. The van der Waals surface area contributed by atoms with Crippen LogP contribution in [-0.4, -0.2) is 16.5 Å². The summed E-state index contributed by atoms with van der Waals surface area (Å²) in [6.07, 6.45) is 4.36. The van der Waals surface area contributed by atoms with Crippen LogP contribution in [0.15, 0.2) is 54.5 Å². The number of nitrogens with one attached hydrogen (secondary N) is 2. The molecule has 158 valence electrons. The Balaban J connectivity index is 1.75. The largest absolute Gasteiger partial charge is 0.362 e. The van der Waals surface area contributed by atoms with Gasteiger partial charge in [0, 0.05) is 18.0 Å². The Labute approximate surface area is 177 Å². The lowest BCUT2D eigenvalue weighted by Crippen LogP contribution is -2.10. The first-order chi connectivity index (χ1) is 14.5. The average Bonchev–Trinajstić information content (AvgIpc) is 3.15. The molecule has 0 aliphatic carbocycles. The van der Waals surface area contributed by atoms with E-state index in [1.165, 1.54) is 6.08 Å². The Hall–Kier alpha value is -2.95. The number of H-pyrrole nitrogens is 1. The third-order valence-corrected chi connectivity index (χ3v) is 5.11. The van der Waals surface area contributed by atoms with Crippen LogP contribution in [0, 0.1) is 5.95 Å².